The summed E-state index contributed by atoms with van der Waals surface area (Å²) < 4.78 is 0. The first kappa shape index (κ1) is 23.1. The summed E-state index contributed by atoms with van der Waals surface area (Å²) in [5, 5.41) is 11.4. The van der Waals surface area contributed by atoms with Crippen LogP contribution in [0.3, 0.4) is 0 Å². The summed E-state index contributed by atoms with van der Waals surface area (Å²) in [6.45, 7) is 0.490. The predicted molar refractivity (Wildman–Crippen MR) is 139 cm³/mol. The number of aromatic amines is 1. The zero-order valence-electron chi connectivity index (χ0n) is 18.9. The smallest absolute Gasteiger partial charge is 0.315 e. The van der Waals surface area contributed by atoms with Crippen molar-refractivity contribution in [3.63, 3.8) is 0 Å². The lowest BCUT2D eigenvalue weighted by Crippen LogP contribution is -2.36. The van der Waals surface area contributed by atoms with Gasteiger partial charge in [-0.15, -0.1) is 0 Å². The van der Waals surface area contributed by atoms with Crippen LogP contribution in [0.4, 0.5) is 4.79 Å². The van der Waals surface area contributed by atoms with Crippen LogP contribution in [0.2, 0.25) is 5.02 Å². The van der Waals surface area contributed by atoms with Gasteiger partial charge in [0.05, 0.1) is 12.1 Å². The van der Waals surface area contributed by atoms with Gasteiger partial charge in [0.1, 0.15) is 0 Å². The third-order valence-corrected chi connectivity index (χ3v) is 8.71. The Balaban J connectivity index is 1.17. The molecular formula is C26H29ClN4O2S. The van der Waals surface area contributed by atoms with Crippen LogP contribution >= 0.6 is 23.4 Å². The molecule has 2 saturated heterocycles. The van der Waals surface area contributed by atoms with E-state index in [0.717, 1.165) is 47.0 Å². The number of carbonyl (C=O) groups is 2. The standard InChI is InChI=1S/C26H29ClN4O2S/c27-20-9-3-1-7-16(20)18(19-13-28-21-10-4-2-8-17(19)21)14-29-24(32)12-6-5-11-23-25-22(15-34-23)30-26(33)31-25/h1-4,7-10,13,18,22-23,25,28H,5-6,11-12,14-15H2,(H,29,32)(H2,30,31,33)/t18-,22-,23-,25-/m0/s1. The largest absolute Gasteiger partial charge is 0.361 e. The number of amides is 3. The molecule has 1 aromatic heterocycles. The quantitative estimate of drug-likeness (QED) is 0.253. The first-order valence-corrected chi connectivity index (χ1v) is 13.3. The minimum atomic E-state index is -0.0528. The van der Waals surface area contributed by atoms with Crippen LogP contribution in [0.5, 0.6) is 0 Å². The van der Waals surface area contributed by atoms with E-state index in [4.69, 9.17) is 11.6 Å². The van der Waals surface area contributed by atoms with Crippen molar-refractivity contribution in [3.8, 4) is 0 Å². The Labute approximate surface area is 208 Å². The van der Waals surface area contributed by atoms with E-state index < -0.39 is 0 Å². The molecule has 3 amide bonds. The van der Waals surface area contributed by atoms with Crippen LogP contribution in [0.15, 0.2) is 54.7 Å². The molecule has 2 aliphatic heterocycles. The number of benzene rings is 2. The molecule has 0 unspecified atom stereocenters. The highest BCUT2D eigenvalue weighted by Crippen LogP contribution is 2.35. The highest BCUT2D eigenvalue weighted by atomic mass is 35.5. The molecule has 3 heterocycles. The maximum atomic E-state index is 12.7. The fourth-order valence-corrected chi connectivity index (χ4v) is 6.92. The number of urea groups is 1. The Hall–Kier alpha value is -2.64. The average Bonchev–Trinajstić information content (AvgIpc) is 3.53. The third-order valence-electron chi connectivity index (χ3n) is 6.86. The first-order valence-electron chi connectivity index (χ1n) is 11.9. The molecule has 3 aromatic rings. The van der Waals surface area contributed by atoms with Crippen molar-refractivity contribution >= 4 is 46.2 Å². The second-order valence-corrected chi connectivity index (χ2v) is 10.7. The lowest BCUT2D eigenvalue weighted by molar-refractivity contribution is -0.121. The molecule has 2 aromatic carbocycles. The normalized spacial score (nSPS) is 22.3. The molecule has 178 valence electrons. The minimum Gasteiger partial charge on any atom is -0.361 e. The van der Waals surface area contributed by atoms with Crippen LogP contribution in [-0.4, -0.2) is 46.6 Å². The van der Waals surface area contributed by atoms with Gasteiger partial charge in [-0.25, -0.2) is 4.79 Å². The molecule has 0 spiro atoms. The molecule has 0 aliphatic carbocycles. The molecule has 0 saturated carbocycles. The summed E-state index contributed by atoms with van der Waals surface area (Å²) in [5.74, 6) is 0.982. The third kappa shape index (κ3) is 4.91. The number of H-pyrrole nitrogens is 1. The molecule has 5 rings (SSSR count). The summed E-state index contributed by atoms with van der Waals surface area (Å²) in [6.07, 6.45) is 5.35. The Morgan fingerprint density at radius 1 is 1.09 bits per heavy atom. The summed E-state index contributed by atoms with van der Waals surface area (Å²) >= 11 is 8.47. The van der Waals surface area contributed by atoms with Gasteiger partial charge >= 0.3 is 6.03 Å². The lowest BCUT2D eigenvalue weighted by atomic mass is 9.90. The van der Waals surface area contributed by atoms with Crippen molar-refractivity contribution in [3.05, 3.63) is 70.9 Å². The Kier molecular flexibility index (Phi) is 7.02. The van der Waals surface area contributed by atoms with Gasteiger partial charge in [0.2, 0.25) is 5.91 Å². The molecule has 0 bridgehead atoms. The van der Waals surface area contributed by atoms with Crippen LogP contribution < -0.4 is 16.0 Å². The molecule has 0 radical (unpaired) electrons. The van der Waals surface area contributed by atoms with Crippen molar-refractivity contribution in [2.75, 3.05) is 12.3 Å². The van der Waals surface area contributed by atoms with E-state index in [9.17, 15) is 9.59 Å². The molecule has 34 heavy (non-hydrogen) atoms. The van der Waals surface area contributed by atoms with Crippen molar-refractivity contribution in [1.29, 1.82) is 0 Å². The number of thioether (sulfide) groups is 1. The summed E-state index contributed by atoms with van der Waals surface area (Å²) in [5.41, 5.74) is 3.21. The van der Waals surface area contributed by atoms with Gasteiger partial charge in [0, 0.05) is 52.0 Å². The fourth-order valence-electron chi connectivity index (χ4n) is 5.11. The van der Waals surface area contributed by atoms with Gasteiger partial charge in [-0.05, 0) is 36.1 Å². The van der Waals surface area contributed by atoms with Crippen LogP contribution in [0.1, 0.15) is 42.7 Å². The molecule has 2 fully saturated rings. The Bertz CT molecular complexity index is 1180. The second-order valence-electron chi connectivity index (χ2n) is 9.04. The van der Waals surface area contributed by atoms with E-state index in [2.05, 4.69) is 33.1 Å². The van der Waals surface area contributed by atoms with Gasteiger partial charge in [-0.2, -0.15) is 11.8 Å². The molecule has 6 nitrogen and oxygen atoms in total. The number of para-hydroxylation sites is 1. The van der Waals surface area contributed by atoms with Gasteiger partial charge in [-0.1, -0.05) is 54.4 Å². The topological polar surface area (TPSA) is 86.0 Å². The summed E-state index contributed by atoms with van der Waals surface area (Å²) in [6, 6.07) is 16.4. The predicted octanol–water partition coefficient (Wildman–Crippen LogP) is 4.80. The maximum absolute atomic E-state index is 12.7. The molecule has 8 heteroatoms. The van der Waals surface area contributed by atoms with Crippen molar-refractivity contribution in [2.45, 2.75) is 48.9 Å². The minimum absolute atomic E-state index is 0.0425. The number of nitrogens with one attached hydrogen (secondary N) is 4. The average molecular weight is 497 g/mol. The van der Waals surface area contributed by atoms with Gasteiger partial charge < -0.3 is 20.9 Å². The summed E-state index contributed by atoms with van der Waals surface area (Å²) in [7, 11) is 0. The van der Waals surface area contributed by atoms with Gasteiger partial charge in [0.15, 0.2) is 0 Å². The lowest BCUT2D eigenvalue weighted by Gasteiger charge is -2.20. The fraction of sp³-hybridized carbons (Fsp3) is 0.385. The number of aromatic nitrogens is 1. The molecule has 4 atom stereocenters. The number of hydrogen-bond acceptors (Lipinski definition) is 3. The molecule has 4 N–H and O–H groups in total. The SMILES string of the molecule is O=C(CCCC[C@@H]1SC[C@@H]2NC(=O)N[C@@H]21)NC[C@@H](c1ccccc1Cl)c1c[nH]c2ccccc12. The number of rotatable bonds is 9. The highest BCUT2D eigenvalue weighted by molar-refractivity contribution is 8.00. The van der Waals surface area contributed by atoms with Gasteiger partial charge in [0.25, 0.3) is 0 Å². The number of hydrogen-bond donors (Lipinski definition) is 4. The van der Waals surface area contributed by atoms with E-state index >= 15 is 0 Å². The van der Waals surface area contributed by atoms with Crippen molar-refractivity contribution in [2.24, 2.45) is 0 Å². The van der Waals surface area contributed by atoms with E-state index in [1.165, 1.54) is 0 Å². The van der Waals surface area contributed by atoms with E-state index in [1.807, 2.05) is 54.4 Å². The van der Waals surface area contributed by atoms with Crippen LogP contribution in [0, 0.1) is 0 Å². The number of halogens is 1. The number of unbranched alkanes of at least 4 members (excludes halogenated alkanes) is 1. The van der Waals surface area contributed by atoms with Crippen molar-refractivity contribution in [1.82, 2.24) is 20.9 Å². The zero-order valence-corrected chi connectivity index (χ0v) is 20.4. The Morgan fingerprint density at radius 2 is 1.91 bits per heavy atom. The van der Waals surface area contributed by atoms with E-state index in [-0.39, 0.29) is 29.9 Å². The number of carbonyl (C=O) groups excluding carboxylic acids is 2. The number of fused-ring (bicyclic) bond motifs is 2. The molecular weight excluding hydrogens is 468 g/mol. The maximum Gasteiger partial charge on any atom is 0.315 e. The highest BCUT2D eigenvalue weighted by Gasteiger charge is 2.42. The zero-order chi connectivity index (χ0) is 23.5. The monoisotopic (exact) mass is 496 g/mol. The van der Waals surface area contributed by atoms with Crippen molar-refractivity contribution < 1.29 is 9.59 Å². The van der Waals surface area contributed by atoms with Crippen LogP contribution in [0.25, 0.3) is 10.9 Å². The Morgan fingerprint density at radius 3 is 2.79 bits per heavy atom. The second kappa shape index (κ2) is 10.3. The van der Waals surface area contributed by atoms with Crippen LogP contribution in [-0.2, 0) is 4.79 Å². The first-order chi connectivity index (χ1) is 16.6. The van der Waals surface area contributed by atoms with Gasteiger partial charge in [-0.3, -0.25) is 4.79 Å². The van der Waals surface area contributed by atoms with E-state index in [1.54, 1.807) is 0 Å². The molecule has 2 aliphatic rings. The summed E-state index contributed by atoms with van der Waals surface area (Å²) in [4.78, 5) is 27.6. The van der Waals surface area contributed by atoms with E-state index in [0.29, 0.717) is 23.2 Å².